The zero-order valence-electron chi connectivity index (χ0n) is 9.12. The normalized spacial score (nSPS) is 9.39. The van der Waals surface area contributed by atoms with E-state index in [0.29, 0.717) is 16.4 Å². The lowest BCUT2D eigenvalue weighted by atomic mass is 10.3. The SMILES string of the molecule is O=C(Nc1cccc(C#CCO)n1)c1cnns1. The van der Waals surface area contributed by atoms with Crippen molar-refractivity contribution in [1.82, 2.24) is 14.6 Å². The molecule has 0 spiro atoms. The van der Waals surface area contributed by atoms with Crippen molar-refractivity contribution in [3.8, 4) is 11.8 Å². The van der Waals surface area contributed by atoms with Crippen LogP contribution in [0.2, 0.25) is 0 Å². The molecule has 2 aromatic rings. The Hall–Kier alpha value is -2.30. The first-order chi connectivity index (χ1) is 8.79. The van der Waals surface area contributed by atoms with Gasteiger partial charge in [-0.25, -0.2) is 4.98 Å². The molecular weight excluding hydrogens is 252 g/mol. The fraction of sp³-hybridized carbons (Fsp3) is 0.0909. The van der Waals surface area contributed by atoms with Crippen LogP contribution < -0.4 is 5.32 Å². The number of nitrogens with zero attached hydrogens (tertiary/aromatic N) is 3. The molecular formula is C11H8N4O2S. The average molecular weight is 260 g/mol. The first-order valence-electron chi connectivity index (χ1n) is 4.95. The standard InChI is InChI=1S/C11H8N4O2S/c16-6-2-4-8-3-1-5-10(13-8)14-11(17)9-7-12-15-18-9/h1,3,5,7,16H,6H2,(H,13,14,17). The van der Waals surface area contributed by atoms with Gasteiger partial charge >= 0.3 is 0 Å². The monoisotopic (exact) mass is 260 g/mol. The van der Waals surface area contributed by atoms with Gasteiger partial charge in [-0.3, -0.25) is 4.79 Å². The first kappa shape index (κ1) is 12.2. The van der Waals surface area contributed by atoms with Gasteiger partial charge in [-0.05, 0) is 29.6 Å². The summed E-state index contributed by atoms with van der Waals surface area (Å²) in [6.45, 7) is -0.231. The molecule has 0 bridgehead atoms. The van der Waals surface area contributed by atoms with Gasteiger partial charge in [0, 0.05) is 0 Å². The van der Waals surface area contributed by atoms with Crippen LogP contribution in [0, 0.1) is 11.8 Å². The number of aliphatic hydroxyl groups excluding tert-OH is 1. The molecule has 0 fully saturated rings. The molecule has 0 aliphatic carbocycles. The number of aromatic nitrogens is 3. The summed E-state index contributed by atoms with van der Waals surface area (Å²) >= 11 is 1.01. The number of carbonyl (C=O) groups is 1. The summed E-state index contributed by atoms with van der Waals surface area (Å²) in [5, 5.41) is 14.8. The minimum atomic E-state index is -0.315. The average Bonchev–Trinajstić information content (AvgIpc) is 2.91. The highest BCUT2D eigenvalue weighted by Gasteiger charge is 2.09. The lowest BCUT2D eigenvalue weighted by Gasteiger charge is -2.01. The van der Waals surface area contributed by atoms with E-state index in [9.17, 15) is 4.79 Å². The maximum absolute atomic E-state index is 11.7. The maximum Gasteiger partial charge on any atom is 0.270 e. The molecule has 0 aromatic carbocycles. The van der Waals surface area contributed by atoms with E-state index in [0.717, 1.165) is 11.5 Å². The van der Waals surface area contributed by atoms with E-state index in [1.54, 1.807) is 18.2 Å². The number of aliphatic hydroxyl groups is 1. The number of amides is 1. The van der Waals surface area contributed by atoms with Crippen LogP contribution in [0.3, 0.4) is 0 Å². The van der Waals surface area contributed by atoms with Gasteiger partial charge in [-0.15, -0.1) is 5.10 Å². The molecule has 2 N–H and O–H groups in total. The van der Waals surface area contributed by atoms with Crippen molar-refractivity contribution in [3.05, 3.63) is 35.0 Å². The highest BCUT2D eigenvalue weighted by molar-refractivity contribution is 7.07. The zero-order valence-corrected chi connectivity index (χ0v) is 9.94. The van der Waals surface area contributed by atoms with E-state index in [1.165, 1.54) is 6.20 Å². The second-order valence-corrected chi connectivity index (χ2v) is 3.89. The topological polar surface area (TPSA) is 88.0 Å². The molecule has 7 heteroatoms. The summed E-state index contributed by atoms with van der Waals surface area (Å²) in [5.41, 5.74) is 0.476. The maximum atomic E-state index is 11.7. The highest BCUT2D eigenvalue weighted by Crippen LogP contribution is 2.08. The number of rotatable bonds is 2. The van der Waals surface area contributed by atoms with Crippen LogP contribution in [0.25, 0.3) is 0 Å². The molecule has 0 radical (unpaired) electrons. The molecule has 0 unspecified atom stereocenters. The summed E-state index contributed by atoms with van der Waals surface area (Å²) in [4.78, 5) is 16.2. The van der Waals surface area contributed by atoms with Crippen molar-refractivity contribution >= 4 is 23.3 Å². The third kappa shape index (κ3) is 3.10. The Bertz CT molecular complexity index is 601. The molecule has 18 heavy (non-hydrogen) atoms. The van der Waals surface area contributed by atoms with Crippen molar-refractivity contribution in [2.45, 2.75) is 0 Å². The highest BCUT2D eigenvalue weighted by atomic mass is 32.1. The predicted molar refractivity (Wildman–Crippen MR) is 66.1 cm³/mol. The van der Waals surface area contributed by atoms with Gasteiger partial charge in [0.2, 0.25) is 0 Å². The van der Waals surface area contributed by atoms with Gasteiger partial charge in [-0.2, -0.15) is 0 Å². The van der Waals surface area contributed by atoms with Crippen LogP contribution in [0.1, 0.15) is 15.4 Å². The van der Waals surface area contributed by atoms with Crippen LogP contribution in [0.15, 0.2) is 24.4 Å². The van der Waals surface area contributed by atoms with E-state index in [1.807, 2.05) is 0 Å². The smallest absolute Gasteiger partial charge is 0.270 e. The molecule has 0 atom stereocenters. The Kier molecular flexibility index (Phi) is 3.96. The molecule has 2 rings (SSSR count). The molecule has 2 aromatic heterocycles. The van der Waals surface area contributed by atoms with Crippen molar-refractivity contribution in [3.63, 3.8) is 0 Å². The minimum absolute atomic E-state index is 0.231. The Morgan fingerprint density at radius 1 is 1.50 bits per heavy atom. The summed E-state index contributed by atoms with van der Waals surface area (Å²) in [6, 6.07) is 5.05. The molecule has 0 aliphatic heterocycles. The summed E-state index contributed by atoms with van der Waals surface area (Å²) < 4.78 is 3.60. The van der Waals surface area contributed by atoms with Crippen LogP contribution in [-0.4, -0.2) is 32.2 Å². The summed E-state index contributed by atoms with van der Waals surface area (Å²) in [5.74, 6) is 5.22. The van der Waals surface area contributed by atoms with Gasteiger partial charge in [0.15, 0.2) is 0 Å². The second-order valence-electron chi connectivity index (χ2n) is 3.10. The van der Waals surface area contributed by atoms with Crippen molar-refractivity contribution < 1.29 is 9.90 Å². The van der Waals surface area contributed by atoms with Gasteiger partial charge < -0.3 is 10.4 Å². The third-order valence-corrected chi connectivity index (χ3v) is 2.53. The molecule has 2 heterocycles. The third-order valence-electron chi connectivity index (χ3n) is 1.87. The van der Waals surface area contributed by atoms with Gasteiger partial charge in [0.25, 0.3) is 5.91 Å². The second kappa shape index (κ2) is 5.86. The molecule has 0 aliphatic rings. The van der Waals surface area contributed by atoms with Crippen LogP contribution in [-0.2, 0) is 0 Å². The summed E-state index contributed by atoms with van der Waals surface area (Å²) in [6.07, 6.45) is 1.38. The van der Waals surface area contributed by atoms with Crippen LogP contribution in [0.5, 0.6) is 0 Å². The summed E-state index contributed by atoms with van der Waals surface area (Å²) in [7, 11) is 0. The Morgan fingerprint density at radius 2 is 2.39 bits per heavy atom. The number of anilines is 1. The van der Waals surface area contributed by atoms with Crippen molar-refractivity contribution in [2.24, 2.45) is 0 Å². The van der Waals surface area contributed by atoms with E-state index in [4.69, 9.17) is 5.11 Å². The number of hydrogen-bond acceptors (Lipinski definition) is 6. The Balaban J connectivity index is 2.12. The van der Waals surface area contributed by atoms with Gasteiger partial charge in [0.05, 0.1) is 6.20 Å². The largest absolute Gasteiger partial charge is 0.384 e. The predicted octanol–water partition coefficient (Wildman–Crippen LogP) is 0.529. The van der Waals surface area contributed by atoms with E-state index < -0.39 is 0 Å². The van der Waals surface area contributed by atoms with Crippen LogP contribution in [0.4, 0.5) is 5.82 Å². The fourth-order valence-corrected chi connectivity index (χ4v) is 1.56. The lowest BCUT2D eigenvalue weighted by Crippen LogP contribution is -2.11. The number of carbonyl (C=O) groups excluding carboxylic acids is 1. The fourth-order valence-electron chi connectivity index (χ4n) is 1.15. The van der Waals surface area contributed by atoms with Crippen molar-refractivity contribution in [2.75, 3.05) is 11.9 Å². The minimum Gasteiger partial charge on any atom is -0.384 e. The van der Waals surface area contributed by atoms with Gasteiger partial charge in [0.1, 0.15) is 23.0 Å². The van der Waals surface area contributed by atoms with E-state index in [2.05, 4.69) is 31.7 Å². The number of nitrogens with one attached hydrogen (secondary N) is 1. The zero-order chi connectivity index (χ0) is 12.8. The van der Waals surface area contributed by atoms with Crippen LogP contribution >= 0.6 is 11.5 Å². The number of hydrogen-bond donors (Lipinski definition) is 2. The van der Waals surface area contributed by atoms with E-state index in [-0.39, 0.29) is 12.5 Å². The Labute approximate surface area is 107 Å². The molecule has 0 saturated heterocycles. The van der Waals surface area contributed by atoms with Crippen molar-refractivity contribution in [1.29, 1.82) is 0 Å². The van der Waals surface area contributed by atoms with Gasteiger partial charge in [-0.1, -0.05) is 16.5 Å². The lowest BCUT2D eigenvalue weighted by molar-refractivity contribution is 0.103. The molecule has 90 valence electrons. The van der Waals surface area contributed by atoms with E-state index >= 15 is 0 Å². The molecule has 6 nitrogen and oxygen atoms in total. The first-order valence-corrected chi connectivity index (χ1v) is 5.72. The molecule has 0 saturated carbocycles. The quantitative estimate of drug-likeness (QED) is 0.769. The molecule has 1 amide bonds. The number of pyridine rings is 1. The Morgan fingerprint density at radius 3 is 3.11 bits per heavy atom.